The molecule has 6 heteroatoms. The monoisotopic (exact) mass is 285 g/mol. The van der Waals surface area contributed by atoms with Gasteiger partial charge in [0.15, 0.2) is 5.78 Å². The zero-order valence-corrected chi connectivity index (χ0v) is 10.7. The minimum atomic E-state index is -4.37. The molecule has 1 aromatic heterocycles. The molecule has 0 saturated heterocycles. The minimum absolute atomic E-state index is 0.200. The van der Waals surface area contributed by atoms with Gasteiger partial charge in [-0.1, -0.05) is 12.1 Å². The van der Waals surface area contributed by atoms with Gasteiger partial charge in [-0.15, -0.1) is 11.3 Å². The van der Waals surface area contributed by atoms with Crippen LogP contribution in [0.15, 0.2) is 29.6 Å². The van der Waals surface area contributed by atoms with Crippen molar-refractivity contribution in [3.63, 3.8) is 0 Å². The molecule has 1 heterocycles. The first kappa shape index (κ1) is 13.6. The fourth-order valence-corrected chi connectivity index (χ4v) is 2.66. The first-order valence-corrected chi connectivity index (χ1v) is 6.24. The highest BCUT2D eigenvalue weighted by Gasteiger charge is 2.30. The van der Waals surface area contributed by atoms with Crippen LogP contribution in [0.4, 0.5) is 18.2 Å². The molecular weight excluding hydrogens is 275 g/mol. The van der Waals surface area contributed by atoms with Gasteiger partial charge in [0.25, 0.3) is 0 Å². The molecule has 1 aromatic carbocycles. The summed E-state index contributed by atoms with van der Waals surface area (Å²) in [6.45, 7) is 1.38. The summed E-state index contributed by atoms with van der Waals surface area (Å²) in [6, 6.07) is 4.67. The van der Waals surface area contributed by atoms with E-state index in [0.29, 0.717) is 21.7 Å². The largest absolute Gasteiger partial charge is 0.416 e. The lowest BCUT2D eigenvalue weighted by Crippen LogP contribution is -2.04. The summed E-state index contributed by atoms with van der Waals surface area (Å²) in [7, 11) is 0. The Bertz CT molecular complexity index is 614. The van der Waals surface area contributed by atoms with Crippen LogP contribution in [0.5, 0.6) is 0 Å². The van der Waals surface area contributed by atoms with Gasteiger partial charge in [-0.05, 0) is 24.6 Å². The lowest BCUT2D eigenvalue weighted by atomic mass is 10.0. The Morgan fingerprint density at radius 2 is 1.79 bits per heavy atom. The van der Waals surface area contributed by atoms with Crippen LogP contribution in [0.1, 0.15) is 22.8 Å². The van der Waals surface area contributed by atoms with Crippen molar-refractivity contribution < 1.29 is 18.0 Å². The maximum Gasteiger partial charge on any atom is 0.416 e. The second-order valence-corrected chi connectivity index (χ2v) is 4.93. The van der Waals surface area contributed by atoms with E-state index in [9.17, 15) is 18.0 Å². The predicted molar refractivity (Wildman–Crippen MR) is 69.2 cm³/mol. The van der Waals surface area contributed by atoms with Gasteiger partial charge in [0.1, 0.15) is 0 Å². The van der Waals surface area contributed by atoms with Crippen LogP contribution in [0, 0.1) is 0 Å². The number of Topliss-reactive ketones (excluding diaryl/α,β-unsaturated/α-hetero) is 1. The molecule has 2 rings (SSSR count). The molecular formula is C13H10F3NOS. The number of ketones is 1. The first-order chi connectivity index (χ1) is 8.80. The van der Waals surface area contributed by atoms with Crippen LogP contribution in [0.25, 0.3) is 11.1 Å². The molecule has 2 nitrogen and oxygen atoms in total. The van der Waals surface area contributed by atoms with Crippen molar-refractivity contribution in [2.45, 2.75) is 13.1 Å². The summed E-state index contributed by atoms with van der Waals surface area (Å²) in [5.41, 5.74) is 6.46. The van der Waals surface area contributed by atoms with Gasteiger partial charge in [0.2, 0.25) is 0 Å². The summed E-state index contributed by atoms with van der Waals surface area (Å²) >= 11 is 1.20. The number of benzene rings is 1. The number of rotatable bonds is 2. The van der Waals surface area contributed by atoms with Gasteiger partial charge in [-0.25, -0.2) is 0 Å². The molecule has 0 unspecified atom stereocenters. The number of thiophene rings is 1. The van der Waals surface area contributed by atoms with Crippen molar-refractivity contribution in [2.24, 2.45) is 0 Å². The van der Waals surface area contributed by atoms with Crippen LogP contribution >= 0.6 is 11.3 Å². The third-order valence-corrected chi connectivity index (χ3v) is 3.51. The molecule has 19 heavy (non-hydrogen) atoms. The van der Waals surface area contributed by atoms with E-state index >= 15 is 0 Å². The van der Waals surface area contributed by atoms with Crippen molar-refractivity contribution in [1.29, 1.82) is 0 Å². The number of anilines is 1. The van der Waals surface area contributed by atoms with Crippen molar-refractivity contribution in [2.75, 3.05) is 5.73 Å². The molecule has 0 bridgehead atoms. The maximum absolute atomic E-state index is 12.5. The van der Waals surface area contributed by atoms with Crippen LogP contribution in [-0.4, -0.2) is 5.78 Å². The normalized spacial score (nSPS) is 11.6. The van der Waals surface area contributed by atoms with Crippen LogP contribution in [-0.2, 0) is 6.18 Å². The van der Waals surface area contributed by atoms with Crippen molar-refractivity contribution in [3.8, 4) is 11.1 Å². The number of halogens is 3. The molecule has 0 fully saturated rings. The Hall–Kier alpha value is -1.82. The zero-order chi connectivity index (χ0) is 14.2. The molecule has 0 radical (unpaired) electrons. The van der Waals surface area contributed by atoms with Gasteiger partial charge in [0, 0.05) is 10.9 Å². The summed E-state index contributed by atoms with van der Waals surface area (Å²) in [5, 5.41) is 2.05. The maximum atomic E-state index is 12.5. The second kappa shape index (κ2) is 4.70. The summed E-state index contributed by atoms with van der Waals surface area (Å²) in [6.07, 6.45) is -4.37. The Balaban J connectivity index is 2.46. The van der Waals surface area contributed by atoms with Crippen LogP contribution < -0.4 is 5.73 Å². The lowest BCUT2D eigenvalue weighted by molar-refractivity contribution is -0.137. The average Bonchev–Trinajstić information content (AvgIpc) is 2.70. The van der Waals surface area contributed by atoms with Gasteiger partial charge in [-0.2, -0.15) is 13.2 Å². The number of nitrogen functional groups attached to an aromatic ring is 1. The Kier molecular flexibility index (Phi) is 3.36. The molecule has 0 amide bonds. The van der Waals surface area contributed by atoms with E-state index in [-0.39, 0.29) is 5.78 Å². The third-order valence-electron chi connectivity index (χ3n) is 2.69. The number of hydrogen-bond donors (Lipinski definition) is 1. The first-order valence-electron chi connectivity index (χ1n) is 5.36. The van der Waals surface area contributed by atoms with Crippen molar-refractivity contribution >= 4 is 22.1 Å². The highest BCUT2D eigenvalue weighted by molar-refractivity contribution is 7.15. The molecule has 0 aliphatic heterocycles. The van der Waals surface area contributed by atoms with E-state index in [0.717, 1.165) is 12.1 Å². The molecule has 2 N–H and O–H groups in total. The fraction of sp³-hybridized carbons (Fsp3) is 0.154. The van der Waals surface area contributed by atoms with Crippen molar-refractivity contribution in [1.82, 2.24) is 0 Å². The van der Waals surface area contributed by atoms with E-state index in [4.69, 9.17) is 5.73 Å². The highest BCUT2D eigenvalue weighted by Crippen LogP contribution is 2.36. The SMILES string of the molecule is CC(=O)c1c(-c2ccc(C(F)(F)F)cc2)csc1N. The van der Waals surface area contributed by atoms with Gasteiger partial charge in [0.05, 0.1) is 16.1 Å². The Morgan fingerprint density at radius 1 is 1.21 bits per heavy atom. The van der Waals surface area contributed by atoms with Gasteiger partial charge in [-0.3, -0.25) is 4.79 Å². The number of hydrogen-bond acceptors (Lipinski definition) is 3. The minimum Gasteiger partial charge on any atom is -0.390 e. The quantitative estimate of drug-likeness (QED) is 0.839. The molecule has 2 aromatic rings. The highest BCUT2D eigenvalue weighted by atomic mass is 32.1. The van der Waals surface area contributed by atoms with Gasteiger partial charge < -0.3 is 5.73 Å². The average molecular weight is 285 g/mol. The summed E-state index contributed by atoms with van der Waals surface area (Å²) in [4.78, 5) is 11.5. The second-order valence-electron chi connectivity index (χ2n) is 4.02. The Morgan fingerprint density at radius 3 is 2.26 bits per heavy atom. The molecule has 100 valence electrons. The standard InChI is InChI=1S/C13H10F3NOS/c1-7(18)11-10(6-19-12(11)17)8-2-4-9(5-3-8)13(14,15)16/h2-6H,17H2,1H3. The topological polar surface area (TPSA) is 43.1 Å². The Labute approximate surface area is 111 Å². The van der Waals surface area contributed by atoms with E-state index in [2.05, 4.69) is 0 Å². The molecule has 0 saturated carbocycles. The number of carbonyl (C=O) groups excluding carboxylic acids is 1. The number of nitrogens with two attached hydrogens (primary N) is 1. The predicted octanol–water partition coefficient (Wildman–Crippen LogP) is 4.22. The summed E-state index contributed by atoms with van der Waals surface area (Å²) < 4.78 is 37.4. The lowest BCUT2D eigenvalue weighted by Gasteiger charge is -2.08. The fourth-order valence-electron chi connectivity index (χ4n) is 1.79. The van der Waals surface area contributed by atoms with E-state index in [1.165, 1.54) is 30.4 Å². The van der Waals surface area contributed by atoms with Crippen LogP contribution in [0.2, 0.25) is 0 Å². The van der Waals surface area contributed by atoms with E-state index in [1.807, 2.05) is 0 Å². The summed E-state index contributed by atoms with van der Waals surface area (Å²) in [5.74, 6) is -0.200. The van der Waals surface area contributed by atoms with E-state index in [1.54, 1.807) is 5.38 Å². The number of carbonyl (C=O) groups is 1. The smallest absolute Gasteiger partial charge is 0.390 e. The zero-order valence-electron chi connectivity index (χ0n) is 9.91. The van der Waals surface area contributed by atoms with E-state index < -0.39 is 11.7 Å². The molecule has 0 aliphatic rings. The van der Waals surface area contributed by atoms with Crippen LogP contribution in [0.3, 0.4) is 0 Å². The number of alkyl halides is 3. The third kappa shape index (κ3) is 2.63. The molecule has 0 atom stereocenters. The van der Waals surface area contributed by atoms with Crippen molar-refractivity contribution in [3.05, 3.63) is 40.8 Å². The van der Waals surface area contributed by atoms with Gasteiger partial charge >= 0.3 is 6.18 Å². The molecule has 0 spiro atoms. The molecule has 0 aliphatic carbocycles.